The second-order valence-electron chi connectivity index (χ2n) is 8.22. The van der Waals surface area contributed by atoms with Crippen LogP contribution in [0.3, 0.4) is 0 Å². The zero-order valence-electron chi connectivity index (χ0n) is 17.7. The first-order valence-corrected chi connectivity index (χ1v) is 9.79. The molecule has 0 unspecified atom stereocenters. The summed E-state index contributed by atoms with van der Waals surface area (Å²) in [7, 11) is 0. The number of imide groups is 1. The highest BCUT2D eigenvalue weighted by Crippen LogP contribution is 2.59. The van der Waals surface area contributed by atoms with E-state index in [4.69, 9.17) is 14.2 Å². The predicted molar refractivity (Wildman–Crippen MR) is 106 cm³/mol. The van der Waals surface area contributed by atoms with Crippen molar-refractivity contribution in [3.05, 3.63) is 46.0 Å². The van der Waals surface area contributed by atoms with E-state index in [1.807, 2.05) is 0 Å². The van der Waals surface area contributed by atoms with Gasteiger partial charge in [-0.2, -0.15) is 0 Å². The number of amides is 2. The molecule has 2 bridgehead atoms. The van der Waals surface area contributed by atoms with Crippen LogP contribution < -0.4 is 4.90 Å². The summed E-state index contributed by atoms with van der Waals surface area (Å²) in [5.41, 5.74) is -2.67. The van der Waals surface area contributed by atoms with Gasteiger partial charge in [0.25, 0.3) is 12.0 Å². The number of benzene rings is 1. The number of hydrogen-bond donors (Lipinski definition) is 0. The minimum atomic E-state index is -1.72. The fourth-order valence-electron chi connectivity index (χ4n) is 4.75. The number of nitro groups is 1. The van der Waals surface area contributed by atoms with Crippen LogP contribution in [0.4, 0.5) is 11.4 Å². The molecular weight excluding hydrogens is 424 g/mol. The van der Waals surface area contributed by atoms with Gasteiger partial charge in [0, 0.05) is 26.0 Å². The fraction of sp³-hybridized carbons (Fsp3) is 0.429. The highest BCUT2D eigenvalue weighted by atomic mass is 16.7. The molecule has 0 radical (unpaired) electrons. The van der Waals surface area contributed by atoms with E-state index in [0.717, 1.165) is 24.8 Å². The minimum absolute atomic E-state index is 0.0817. The van der Waals surface area contributed by atoms with E-state index in [9.17, 15) is 29.3 Å². The third-order valence-electron chi connectivity index (χ3n) is 6.04. The van der Waals surface area contributed by atoms with Gasteiger partial charge >= 0.3 is 11.9 Å². The molecule has 3 aliphatic heterocycles. The van der Waals surface area contributed by atoms with Gasteiger partial charge in [0.15, 0.2) is 5.60 Å². The first kappa shape index (κ1) is 21.6. The molecule has 11 heteroatoms. The Morgan fingerprint density at radius 3 is 2.28 bits per heavy atom. The summed E-state index contributed by atoms with van der Waals surface area (Å²) in [5, 5.41) is 11.2. The van der Waals surface area contributed by atoms with Gasteiger partial charge in [0.05, 0.1) is 28.0 Å². The van der Waals surface area contributed by atoms with E-state index < -0.39 is 58.0 Å². The van der Waals surface area contributed by atoms with Crippen LogP contribution in [0.25, 0.3) is 0 Å². The van der Waals surface area contributed by atoms with Crippen molar-refractivity contribution in [2.24, 2.45) is 11.8 Å². The van der Waals surface area contributed by atoms with Gasteiger partial charge in [0.2, 0.25) is 11.8 Å². The highest BCUT2D eigenvalue weighted by molar-refractivity contribution is 6.24. The molecule has 0 aromatic heterocycles. The van der Waals surface area contributed by atoms with Crippen LogP contribution in [0.5, 0.6) is 0 Å². The number of ether oxygens (including phenoxy) is 3. The van der Waals surface area contributed by atoms with Crippen molar-refractivity contribution < 1.29 is 38.3 Å². The monoisotopic (exact) mass is 444 g/mol. The van der Waals surface area contributed by atoms with Crippen LogP contribution >= 0.6 is 0 Å². The third kappa shape index (κ3) is 2.92. The molecule has 11 nitrogen and oxygen atoms in total. The standard InChI is InChI=1S/C21H20N2O9/c1-10-5-6-13(23(28)29)9-14(10)22-17(26)15-16(18(22)27)21(8-7-20(15,4)32-21)19(30-11(2)24)31-12(3)25/h5-9,15-16,19H,1-4H3/t15-,16+,20+,21-/m0/s1. The topological polar surface area (TPSA) is 142 Å². The lowest BCUT2D eigenvalue weighted by molar-refractivity contribution is -0.384. The van der Waals surface area contributed by atoms with Crippen molar-refractivity contribution >= 4 is 35.1 Å². The zero-order chi connectivity index (χ0) is 23.6. The number of hydrogen-bond acceptors (Lipinski definition) is 9. The molecule has 4 atom stereocenters. The molecule has 4 rings (SSSR count). The Morgan fingerprint density at radius 2 is 1.72 bits per heavy atom. The van der Waals surface area contributed by atoms with Gasteiger partial charge in [-0.25, -0.2) is 4.90 Å². The molecule has 1 aromatic rings. The summed E-state index contributed by atoms with van der Waals surface area (Å²) in [6.07, 6.45) is 1.44. The maximum atomic E-state index is 13.6. The summed E-state index contributed by atoms with van der Waals surface area (Å²) < 4.78 is 16.4. The number of esters is 2. The Kier molecular flexibility index (Phi) is 4.70. The molecule has 3 heterocycles. The number of fused-ring (bicyclic) bond motifs is 5. The molecule has 1 aromatic carbocycles. The Labute approximate surface area is 182 Å². The van der Waals surface area contributed by atoms with E-state index in [1.54, 1.807) is 19.9 Å². The van der Waals surface area contributed by atoms with Gasteiger partial charge in [-0.05, 0) is 25.5 Å². The summed E-state index contributed by atoms with van der Waals surface area (Å²) in [4.78, 5) is 61.9. The fourth-order valence-corrected chi connectivity index (χ4v) is 4.75. The smallest absolute Gasteiger partial charge is 0.305 e. The Morgan fingerprint density at radius 1 is 1.12 bits per heavy atom. The van der Waals surface area contributed by atoms with E-state index >= 15 is 0 Å². The number of rotatable bonds is 5. The molecule has 168 valence electrons. The SMILES string of the molecule is CC(=O)OC(OC(C)=O)[C@@]12C=C[C@@](C)(O1)[C@@H]1C(=O)N(c3cc([N+](=O)[O-])ccc3C)C(=O)[C@@H]12. The first-order valence-electron chi connectivity index (χ1n) is 9.79. The lowest BCUT2D eigenvalue weighted by atomic mass is 9.72. The van der Waals surface area contributed by atoms with Crippen molar-refractivity contribution in [1.29, 1.82) is 0 Å². The van der Waals surface area contributed by atoms with E-state index in [0.29, 0.717) is 5.56 Å². The molecule has 32 heavy (non-hydrogen) atoms. The molecule has 0 N–H and O–H groups in total. The zero-order valence-corrected chi connectivity index (χ0v) is 17.7. The Hall–Kier alpha value is -3.60. The predicted octanol–water partition coefficient (Wildman–Crippen LogP) is 1.56. The summed E-state index contributed by atoms with van der Waals surface area (Å²) >= 11 is 0. The normalized spacial score (nSPS) is 30.1. The lowest BCUT2D eigenvalue weighted by Gasteiger charge is -2.34. The largest absolute Gasteiger partial charge is 0.422 e. The van der Waals surface area contributed by atoms with Crippen LogP contribution in [0.2, 0.25) is 0 Å². The molecule has 3 aliphatic rings. The number of non-ortho nitro benzene ring substituents is 1. The quantitative estimate of drug-likeness (QED) is 0.165. The summed E-state index contributed by atoms with van der Waals surface area (Å²) in [6.45, 7) is 5.44. The number of anilines is 1. The minimum Gasteiger partial charge on any atom is -0.422 e. The average Bonchev–Trinajstić information content (AvgIpc) is 3.27. The van der Waals surface area contributed by atoms with Crippen LogP contribution in [0.15, 0.2) is 30.4 Å². The first-order chi connectivity index (χ1) is 14.9. The molecule has 0 saturated carbocycles. The van der Waals surface area contributed by atoms with Gasteiger partial charge in [0.1, 0.15) is 0 Å². The van der Waals surface area contributed by atoms with Crippen LogP contribution in [-0.2, 0) is 33.4 Å². The van der Waals surface area contributed by atoms with Gasteiger partial charge < -0.3 is 14.2 Å². The number of carbonyl (C=O) groups is 4. The van der Waals surface area contributed by atoms with E-state index in [1.165, 1.54) is 18.2 Å². The number of nitrogens with zero attached hydrogens (tertiary/aromatic N) is 2. The van der Waals surface area contributed by atoms with Crippen LogP contribution in [-0.4, -0.2) is 46.2 Å². The Balaban J connectivity index is 1.82. The van der Waals surface area contributed by atoms with E-state index in [-0.39, 0.29) is 11.4 Å². The molecular formula is C21H20N2O9. The highest BCUT2D eigenvalue weighted by Gasteiger charge is 2.76. The van der Waals surface area contributed by atoms with Crippen LogP contribution in [0.1, 0.15) is 26.3 Å². The second kappa shape index (κ2) is 6.95. The van der Waals surface area contributed by atoms with E-state index in [2.05, 4.69) is 0 Å². The van der Waals surface area contributed by atoms with Crippen molar-refractivity contribution in [2.45, 2.75) is 45.2 Å². The summed E-state index contributed by atoms with van der Waals surface area (Å²) in [6, 6.07) is 3.88. The third-order valence-corrected chi connectivity index (χ3v) is 6.04. The maximum absolute atomic E-state index is 13.6. The molecule has 2 amide bonds. The number of carbonyl (C=O) groups excluding carboxylic acids is 4. The number of nitro benzene ring substituents is 1. The van der Waals surface area contributed by atoms with Gasteiger partial charge in [-0.1, -0.05) is 12.1 Å². The maximum Gasteiger partial charge on any atom is 0.305 e. The van der Waals surface area contributed by atoms with Crippen molar-refractivity contribution in [1.82, 2.24) is 0 Å². The lowest BCUT2D eigenvalue weighted by Crippen LogP contribution is -2.52. The second-order valence-corrected chi connectivity index (χ2v) is 8.22. The average molecular weight is 444 g/mol. The van der Waals surface area contributed by atoms with Crippen molar-refractivity contribution in [3.63, 3.8) is 0 Å². The van der Waals surface area contributed by atoms with Gasteiger partial charge in [-0.3, -0.25) is 29.3 Å². The molecule has 2 fully saturated rings. The Bertz CT molecular complexity index is 1100. The molecule has 0 aliphatic carbocycles. The van der Waals surface area contributed by atoms with Gasteiger partial charge in [-0.15, -0.1) is 0 Å². The molecule has 2 saturated heterocycles. The van der Waals surface area contributed by atoms with Crippen molar-refractivity contribution in [2.75, 3.05) is 4.90 Å². The summed E-state index contributed by atoms with van der Waals surface area (Å²) in [5.74, 6) is -5.03. The van der Waals surface area contributed by atoms with Crippen molar-refractivity contribution in [3.8, 4) is 0 Å². The van der Waals surface area contributed by atoms with Crippen LogP contribution in [0, 0.1) is 28.9 Å². The number of aryl methyl sites for hydroxylation is 1. The molecule has 0 spiro atoms.